The number of hydrogen-bond donors (Lipinski definition) is 2. The molecule has 4 aromatic rings. The average Bonchev–Trinajstić information content (AvgIpc) is 3.39. The second kappa shape index (κ2) is 9.03. The fraction of sp³-hybridized carbons (Fsp3) is 0.294. The third kappa shape index (κ3) is 3.04. The summed E-state index contributed by atoms with van der Waals surface area (Å²) in [5, 5.41) is 20.1. The lowest BCUT2D eigenvalue weighted by Gasteiger charge is -2.49. The number of fused-ring (bicyclic) bond motifs is 6. The minimum absolute atomic E-state index is 0.176. The van der Waals surface area contributed by atoms with E-state index in [4.69, 9.17) is 0 Å². The van der Waals surface area contributed by atoms with Gasteiger partial charge in [0.1, 0.15) is 0 Å². The fourth-order valence-electron chi connectivity index (χ4n) is 7.76. The van der Waals surface area contributed by atoms with Gasteiger partial charge >= 0.3 is 0 Å². The van der Waals surface area contributed by atoms with E-state index in [1.165, 1.54) is 44.5 Å². The molecule has 0 heterocycles. The van der Waals surface area contributed by atoms with Crippen LogP contribution in [0.2, 0.25) is 0 Å². The van der Waals surface area contributed by atoms with Crippen molar-refractivity contribution in [3.8, 4) is 22.3 Å². The zero-order chi connectivity index (χ0) is 24.8. The van der Waals surface area contributed by atoms with Crippen molar-refractivity contribution in [2.75, 3.05) is 13.2 Å². The zero-order valence-corrected chi connectivity index (χ0v) is 21.0. The molecule has 2 nitrogen and oxygen atoms in total. The molecule has 0 fully saturated rings. The normalized spacial score (nSPS) is 15.9. The minimum Gasteiger partial charge on any atom is -0.396 e. The first-order valence-corrected chi connectivity index (χ1v) is 13.3. The molecule has 0 spiro atoms. The first kappa shape index (κ1) is 23.2. The smallest absolute Gasteiger partial charge is 0.0431 e. The van der Waals surface area contributed by atoms with Crippen molar-refractivity contribution in [2.24, 2.45) is 5.92 Å². The van der Waals surface area contributed by atoms with E-state index in [2.05, 4.69) is 104 Å². The largest absolute Gasteiger partial charge is 0.396 e. The molecule has 0 saturated carbocycles. The molecule has 0 amide bonds. The number of rotatable bonds is 8. The predicted octanol–water partition coefficient (Wildman–Crippen LogP) is 7.10. The molecule has 2 aliphatic carbocycles. The van der Waals surface area contributed by atoms with Crippen molar-refractivity contribution in [2.45, 2.75) is 43.4 Å². The molecular formula is C34H34O2. The lowest BCUT2D eigenvalue weighted by atomic mass is 9.53. The van der Waals surface area contributed by atoms with Crippen LogP contribution in [0.4, 0.5) is 0 Å². The molecule has 0 unspecified atom stereocenters. The van der Waals surface area contributed by atoms with E-state index in [9.17, 15) is 10.2 Å². The highest BCUT2D eigenvalue weighted by molar-refractivity contribution is 5.84. The van der Waals surface area contributed by atoms with Crippen LogP contribution in [0.1, 0.15) is 54.9 Å². The molecule has 182 valence electrons. The summed E-state index contributed by atoms with van der Waals surface area (Å²) < 4.78 is 0. The number of hydrogen-bond acceptors (Lipinski definition) is 2. The first-order valence-electron chi connectivity index (χ1n) is 13.3. The van der Waals surface area contributed by atoms with Crippen LogP contribution in [0.5, 0.6) is 0 Å². The van der Waals surface area contributed by atoms with Crippen molar-refractivity contribution in [3.05, 3.63) is 119 Å². The van der Waals surface area contributed by atoms with Gasteiger partial charge in [-0.15, -0.1) is 0 Å². The Hall–Kier alpha value is -3.20. The molecule has 0 aliphatic heterocycles. The van der Waals surface area contributed by atoms with Gasteiger partial charge in [0.2, 0.25) is 0 Å². The number of aliphatic hydroxyl groups excluding tert-OH is 2. The Kier molecular flexibility index (Phi) is 5.82. The van der Waals surface area contributed by atoms with E-state index < -0.39 is 0 Å². The maximum absolute atomic E-state index is 10.1. The van der Waals surface area contributed by atoms with E-state index in [0.717, 1.165) is 25.7 Å². The Balaban J connectivity index is 1.68. The molecule has 2 N–H and O–H groups in total. The van der Waals surface area contributed by atoms with Gasteiger partial charge in [-0.25, -0.2) is 0 Å². The lowest BCUT2D eigenvalue weighted by Crippen LogP contribution is -2.47. The topological polar surface area (TPSA) is 40.5 Å². The van der Waals surface area contributed by atoms with Gasteiger partial charge in [-0.05, 0) is 76.1 Å². The molecule has 0 saturated heterocycles. The van der Waals surface area contributed by atoms with Gasteiger partial charge in [0.25, 0.3) is 0 Å². The van der Waals surface area contributed by atoms with Gasteiger partial charge in [0.05, 0.1) is 0 Å². The molecule has 36 heavy (non-hydrogen) atoms. The molecule has 0 aromatic heterocycles. The third-order valence-electron chi connectivity index (χ3n) is 9.15. The highest BCUT2D eigenvalue weighted by atomic mass is 16.3. The fourth-order valence-corrected chi connectivity index (χ4v) is 7.76. The Labute approximate surface area is 214 Å². The molecule has 0 radical (unpaired) electrons. The quantitative estimate of drug-likeness (QED) is 0.286. The summed E-state index contributed by atoms with van der Waals surface area (Å²) in [6.45, 7) is 2.79. The molecular weight excluding hydrogens is 440 g/mol. The van der Waals surface area contributed by atoms with Crippen molar-refractivity contribution in [1.29, 1.82) is 0 Å². The molecule has 2 aliphatic rings. The summed E-state index contributed by atoms with van der Waals surface area (Å²) in [7, 11) is 0. The van der Waals surface area contributed by atoms with Crippen molar-refractivity contribution >= 4 is 0 Å². The van der Waals surface area contributed by atoms with Crippen molar-refractivity contribution in [1.82, 2.24) is 0 Å². The summed E-state index contributed by atoms with van der Waals surface area (Å²) in [5.41, 5.74) is 10.2. The number of benzene rings is 4. The maximum atomic E-state index is 10.1. The number of aliphatic hydroxyl groups is 2. The van der Waals surface area contributed by atoms with E-state index >= 15 is 0 Å². The van der Waals surface area contributed by atoms with Gasteiger partial charge in [-0.1, -0.05) is 104 Å². The predicted molar refractivity (Wildman–Crippen MR) is 147 cm³/mol. The van der Waals surface area contributed by atoms with E-state index in [0.29, 0.717) is 0 Å². The first-order chi connectivity index (χ1) is 17.7. The van der Waals surface area contributed by atoms with Crippen LogP contribution in [-0.2, 0) is 10.8 Å². The van der Waals surface area contributed by atoms with Crippen LogP contribution >= 0.6 is 0 Å². The van der Waals surface area contributed by atoms with Crippen LogP contribution in [-0.4, -0.2) is 23.4 Å². The lowest BCUT2D eigenvalue weighted by molar-refractivity contribution is 0.177. The highest BCUT2D eigenvalue weighted by Gasteiger charge is 2.57. The maximum Gasteiger partial charge on any atom is 0.0431 e. The van der Waals surface area contributed by atoms with Crippen LogP contribution < -0.4 is 0 Å². The Bertz CT molecular complexity index is 1200. The van der Waals surface area contributed by atoms with Gasteiger partial charge in [-0.3, -0.25) is 0 Å². The van der Waals surface area contributed by atoms with Gasteiger partial charge in [0.15, 0.2) is 0 Å². The Morgan fingerprint density at radius 3 is 1.06 bits per heavy atom. The van der Waals surface area contributed by atoms with Crippen LogP contribution in [0.3, 0.4) is 0 Å². The summed E-state index contributed by atoms with van der Waals surface area (Å²) in [4.78, 5) is 0. The van der Waals surface area contributed by atoms with E-state index in [1.54, 1.807) is 0 Å². The zero-order valence-electron chi connectivity index (χ0n) is 21.0. The third-order valence-corrected chi connectivity index (χ3v) is 9.15. The molecule has 0 atom stereocenters. The van der Waals surface area contributed by atoms with Gasteiger partial charge in [-0.2, -0.15) is 0 Å². The Morgan fingerprint density at radius 1 is 0.500 bits per heavy atom. The summed E-state index contributed by atoms with van der Waals surface area (Å²) in [5.74, 6) is 0.192. The van der Waals surface area contributed by atoms with E-state index in [-0.39, 0.29) is 30.0 Å². The second-order valence-electron chi connectivity index (χ2n) is 10.5. The second-order valence-corrected chi connectivity index (χ2v) is 10.5. The van der Waals surface area contributed by atoms with E-state index in [1.807, 2.05) is 0 Å². The molecule has 4 aromatic carbocycles. The van der Waals surface area contributed by atoms with Crippen LogP contribution in [0.15, 0.2) is 97.1 Å². The standard InChI is InChI=1S/C34H34O2/c1-24(33(20-10-22-35)29-16-6-2-12-25(29)26-13-3-7-17-30(26)33)34(21-11-23-36)31-18-8-4-14-27(31)28-15-5-9-19-32(28)34/h2-9,12-19,24,35-36H,10-11,20-23H2,1H3. The SMILES string of the molecule is CC(C1(CCCO)c2ccccc2-c2ccccc21)C1(CCCO)c2ccccc2-c2ccccc21. The summed E-state index contributed by atoms with van der Waals surface area (Å²) >= 11 is 0. The average molecular weight is 475 g/mol. The van der Waals surface area contributed by atoms with Crippen molar-refractivity contribution in [3.63, 3.8) is 0 Å². The summed E-state index contributed by atoms with van der Waals surface area (Å²) in [6, 6.07) is 35.6. The van der Waals surface area contributed by atoms with Crippen LogP contribution in [0.25, 0.3) is 22.3 Å². The van der Waals surface area contributed by atoms with Crippen LogP contribution in [0, 0.1) is 5.92 Å². The highest BCUT2D eigenvalue weighted by Crippen LogP contribution is 2.64. The van der Waals surface area contributed by atoms with Gasteiger partial charge < -0.3 is 10.2 Å². The minimum atomic E-state index is -0.254. The summed E-state index contributed by atoms with van der Waals surface area (Å²) in [6.07, 6.45) is 3.24. The monoisotopic (exact) mass is 474 g/mol. The molecule has 0 bridgehead atoms. The molecule has 2 heteroatoms. The van der Waals surface area contributed by atoms with Crippen molar-refractivity contribution < 1.29 is 10.2 Å². The van der Waals surface area contributed by atoms with Gasteiger partial charge in [0, 0.05) is 24.0 Å². The molecule has 6 rings (SSSR count). The Morgan fingerprint density at radius 2 is 0.778 bits per heavy atom.